The number of methoxy groups -OCH3 is 2. The maximum atomic E-state index is 14.1. The number of carbonyl (C=O) groups excluding carboxylic acids is 1. The Hall–Kier alpha value is -2.65. The molecular weight excluding hydrogens is 413 g/mol. The quantitative estimate of drug-likeness (QED) is 0.529. The predicted octanol–water partition coefficient (Wildman–Crippen LogP) is 3.24. The normalized spacial score (nSPS) is 11.4. The van der Waals surface area contributed by atoms with Crippen LogP contribution in [0, 0.1) is 5.82 Å². The van der Waals surface area contributed by atoms with Crippen LogP contribution in [0.4, 0.5) is 4.39 Å². The first-order valence-corrected chi connectivity index (χ1v) is 10.8. The molecule has 0 fully saturated rings. The summed E-state index contributed by atoms with van der Waals surface area (Å²) in [6.07, 6.45) is 0. The third-order valence-electron chi connectivity index (χ3n) is 4.34. The van der Waals surface area contributed by atoms with E-state index >= 15 is 0 Å². The SMILES string of the molecule is COCCN(Cc1ccc(OC)c(OS(=O)(=O)C(C)C)c1)C(=O)c1ccccc1F. The van der Waals surface area contributed by atoms with Gasteiger partial charge in [-0.25, -0.2) is 4.39 Å². The minimum Gasteiger partial charge on any atom is -0.493 e. The molecule has 30 heavy (non-hydrogen) atoms. The zero-order chi connectivity index (χ0) is 22.3. The molecule has 0 N–H and O–H groups in total. The van der Waals surface area contributed by atoms with Crippen molar-refractivity contribution in [2.24, 2.45) is 0 Å². The molecule has 2 rings (SSSR count). The lowest BCUT2D eigenvalue weighted by Gasteiger charge is -2.23. The number of carbonyl (C=O) groups is 1. The van der Waals surface area contributed by atoms with E-state index in [9.17, 15) is 17.6 Å². The van der Waals surface area contributed by atoms with Crippen molar-refractivity contribution >= 4 is 16.0 Å². The van der Waals surface area contributed by atoms with Crippen LogP contribution in [-0.4, -0.2) is 51.8 Å². The summed E-state index contributed by atoms with van der Waals surface area (Å²) < 4.78 is 53.9. The fraction of sp³-hybridized carbons (Fsp3) is 0.381. The summed E-state index contributed by atoms with van der Waals surface area (Å²) in [7, 11) is -0.937. The summed E-state index contributed by atoms with van der Waals surface area (Å²) in [5.74, 6) is -0.856. The van der Waals surface area contributed by atoms with E-state index in [4.69, 9.17) is 13.7 Å². The Bertz CT molecular complexity index is 977. The molecular formula is C21H26FNO6S. The minimum atomic E-state index is -3.84. The zero-order valence-electron chi connectivity index (χ0n) is 17.4. The molecule has 1 amide bonds. The van der Waals surface area contributed by atoms with Gasteiger partial charge in [0.25, 0.3) is 5.91 Å². The van der Waals surface area contributed by atoms with Gasteiger partial charge in [-0.3, -0.25) is 4.79 Å². The molecule has 0 saturated carbocycles. The Morgan fingerprint density at radius 2 is 1.80 bits per heavy atom. The molecule has 0 atom stereocenters. The second kappa shape index (κ2) is 10.4. The van der Waals surface area contributed by atoms with Gasteiger partial charge < -0.3 is 18.6 Å². The Morgan fingerprint density at radius 1 is 1.10 bits per heavy atom. The summed E-state index contributed by atoms with van der Waals surface area (Å²) >= 11 is 0. The highest BCUT2D eigenvalue weighted by atomic mass is 32.2. The predicted molar refractivity (Wildman–Crippen MR) is 111 cm³/mol. The minimum absolute atomic E-state index is 0.0220. The van der Waals surface area contributed by atoms with E-state index in [0.29, 0.717) is 5.56 Å². The molecule has 0 bridgehead atoms. The van der Waals surface area contributed by atoms with Crippen molar-refractivity contribution in [3.05, 3.63) is 59.4 Å². The molecule has 2 aromatic carbocycles. The van der Waals surface area contributed by atoms with Gasteiger partial charge in [-0.05, 0) is 43.7 Å². The van der Waals surface area contributed by atoms with Crippen LogP contribution in [0.15, 0.2) is 42.5 Å². The molecule has 9 heteroatoms. The molecule has 0 aliphatic carbocycles. The van der Waals surface area contributed by atoms with Gasteiger partial charge in [-0.15, -0.1) is 0 Å². The first-order chi connectivity index (χ1) is 14.2. The van der Waals surface area contributed by atoms with Crippen LogP contribution in [0.3, 0.4) is 0 Å². The molecule has 0 aromatic heterocycles. The first-order valence-electron chi connectivity index (χ1n) is 9.32. The van der Waals surface area contributed by atoms with Crippen molar-refractivity contribution in [2.45, 2.75) is 25.6 Å². The van der Waals surface area contributed by atoms with E-state index in [-0.39, 0.29) is 36.8 Å². The molecule has 0 heterocycles. The van der Waals surface area contributed by atoms with E-state index < -0.39 is 27.1 Å². The fourth-order valence-electron chi connectivity index (χ4n) is 2.59. The maximum absolute atomic E-state index is 14.1. The topological polar surface area (TPSA) is 82.1 Å². The molecule has 0 spiro atoms. The van der Waals surface area contributed by atoms with E-state index in [1.54, 1.807) is 18.2 Å². The van der Waals surface area contributed by atoms with Gasteiger partial charge in [0.05, 0.1) is 24.5 Å². The van der Waals surface area contributed by atoms with Crippen LogP contribution >= 0.6 is 0 Å². The molecule has 0 aliphatic heterocycles. The summed E-state index contributed by atoms with van der Waals surface area (Å²) in [4.78, 5) is 14.3. The monoisotopic (exact) mass is 439 g/mol. The lowest BCUT2D eigenvalue weighted by atomic mass is 10.1. The number of hydrogen-bond donors (Lipinski definition) is 0. The lowest BCUT2D eigenvalue weighted by molar-refractivity contribution is 0.0675. The fourth-order valence-corrected chi connectivity index (χ4v) is 3.16. The van der Waals surface area contributed by atoms with E-state index in [0.717, 1.165) is 0 Å². The van der Waals surface area contributed by atoms with Gasteiger partial charge >= 0.3 is 10.1 Å². The molecule has 0 aliphatic rings. The van der Waals surface area contributed by atoms with Crippen molar-refractivity contribution in [3.63, 3.8) is 0 Å². The Kier molecular flexibility index (Phi) is 8.19. The highest BCUT2D eigenvalue weighted by molar-refractivity contribution is 7.87. The largest absolute Gasteiger partial charge is 0.493 e. The molecule has 0 radical (unpaired) electrons. The van der Waals surface area contributed by atoms with E-state index in [2.05, 4.69) is 0 Å². The van der Waals surface area contributed by atoms with Gasteiger partial charge in [-0.2, -0.15) is 8.42 Å². The highest BCUT2D eigenvalue weighted by Crippen LogP contribution is 2.30. The van der Waals surface area contributed by atoms with Crippen LogP contribution in [-0.2, 0) is 21.4 Å². The summed E-state index contributed by atoms with van der Waals surface area (Å²) in [5, 5.41) is -0.744. The standard InChI is InChI=1S/C21H26FNO6S/c1-15(2)30(25,26)29-20-13-16(9-10-19(20)28-4)14-23(11-12-27-3)21(24)17-7-5-6-8-18(17)22/h5-10,13,15H,11-12,14H2,1-4H3. The van der Waals surface area contributed by atoms with Gasteiger partial charge in [0.15, 0.2) is 11.5 Å². The summed E-state index contributed by atoms with van der Waals surface area (Å²) in [5.41, 5.74) is 0.534. The third kappa shape index (κ3) is 5.93. The van der Waals surface area contributed by atoms with Gasteiger partial charge in [-0.1, -0.05) is 18.2 Å². The number of halogens is 1. The number of nitrogens with zero attached hydrogens (tertiary/aromatic N) is 1. The zero-order valence-corrected chi connectivity index (χ0v) is 18.2. The molecule has 0 unspecified atom stereocenters. The van der Waals surface area contributed by atoms with Gasteiger partial charge in [0.2, 0.25) is 0 Å². The van der Waals surface area contributed by atoms with Gasteiger partial charge in [0.1, 0.15) is 5.82 Å². The van der Waals surface area contributed by atoms with E-state index in [1.807, 2.05) is 0 Å². The second-order valence-electron chi connectivity index (χ2n) is 6.81. The summed E-state index contributed by atoms with van der Waals surface area (Å²) in [6.45, 7) is 3.58. The van der Waals surface area contributed by atoms with E-state index in [1.165, 1.54) is 57.2 Å². The Balaban J connectivity index is 2.34. The lowest BCUT2D eigenvalue weighted by Crippen LogP contribution is -2.34. The summed E-state index contributed by atoms with van der Waals surface area (Å²) in [6, 6.07) is 10.5. The maximum Gasteiger partial charge on any atom is 0.311 e. The first kappa shape index (κ1) is 23.6. The molecule has 164 valence electrons. The molecule has 7 nitrogen and oxygen atoms in total. The average molecular weight is 440 g/mol. The van der Waals surface area contributed by atoms with Gasteiger partial charge in [0, 0.05) is 20.2 Å². The van der Waals surface area contributed by atoms with Crippen molar-refractivity contribution in [3.8, 4) is 11.5 Å². The number of benzene rings is 2. The third-order valence-corrected chi connectivity index (χ3v) is 5.91. The average Bonchev–Trinajstić information content (AvgIpc) is 2.70. The van der Waals surface area contributed by atoms with Crippen molar-refractivity contribution in [1.82, 2.24) is 4.90 Å². The molecule has 0 saturated heterocycles. The highest BCUT2D eigenvalue weighted by Gasteiger charge is 2.23. The van der Waals surface area contributed by atoms with Crippen molar-refractivity contribution in [2.75, 3.05) is 27.4 Å². The number of rotatable bonds is 10. The van der Waals surface area contributed by atoms with Crippen LogP contribution < -0.4 is 8.92 Å². The van der Waals surface area contributed by atoms with Crippen LogP contribution in [0.25, 0.3) is 0 Å². The number of amides is 1. The van der Waals surface area contributed by atoms with Crippen LogP contribution in [0.5, 0.6) is 11.5 Å². The number of ether oxygens (including phenoxy) is 2. The second-order valence-corrected chi connectivity index (χ2v) is 8.90. The van der Waals surface area contributed by atoms with Crippen LogP contribution in [0.1, 0.15) is 29.8 Å². The molecule has 2 aromatic rings. The Morgan fingerprint density at radius 3 is 2.40 bits per heavy atom. The van der Waals surface area contributed by atoms with Crippen molar-refractivity contribution < 1.29 is 31.3 Å². The Labute approximate surface area is 176 Å². The number of hydrogen-bond acceptors (Lipinski definition) is 6. The smallest absolute Gasteiger partial charge is 0.311 e. The van der Waals surface area contributed by atoms with Crippen molar-refractivity contribution in [1.29, 1.82) is 0 Å². The van der Waals surface area contributed by atoms with Crippen LogP contribution in [0.2, 0.25) is 0 Å².